The van der Waals surface area contributed by atoms with E-state index in [1.807, 2.05) is 6.92 Å². The molecule has 0 N–H and O–H groups in total. The van der Waals surface area contributed by atoms with Crippen molar-refractivity contribution in [3.8, 4) is 11.5 Å². The molecule has 13 heteroatoms. The highest BCUT2D eigenvalue weighted by atomic mass is 32.2. The molecular weight excluding hydrogens is 555 g/mol. The molecule has 2 aromatic heterocycles. The molecule has 1 aliphatic heterocycles. The van der Waals surface area contributed by atoms with Gasteiger partial charge in [-0.1, -0.05) is 25.5 Å². The molecule has 4 rings (SSSR count). The molecule has 0 radical (unpaired) electrons. The lowest BCUT2D eigenvalue weighted by Gasteiger charge is -2.32. The van der Waals surface area contributed by atoms with E-state index in [1.54, 1.807) is 25.3 Å². The zero-order valence-electron chi connectivity index (χ0n) is 23.8. The number of carbonyl (C=O) groups excluding carboxylic acids is 1. The third-order valence-corrected chi connectivity index (χ3v) is 8.63. The van der Waals surface area contributed by atoms with Gasteiger partial charge in [0.25, 0.3) is 15.8 Å². The summed E-state index contributed by atoms with van der Waals surface area (Å²) in [6.07, 6.45) is 2.61. The van der Waals surface area contributed by atoms with Crippen molar-refractivity contribution in [2.24, 2.45) is 0 Å². The van der Waals surface area contributed by atoms with Crippen LogP contribution in [0, 0.1) is 5.82 Å². The Balaban J connectivity index is 1.91. The Bertz CT molecular complexity index is 1590. The maximum atomic E-state index is 13.9. The van der Waals surface area contributed by atoms with Crippen molar-refractivity contribution in [3.63, 3.8) is 0 Å². The zero-order valence-corrected chi connectivity index (χ0v) is 24.7. The minimum absolute atomic E-state index is 0.0251. The second-order valence-corrected chi connectivity index (χ2v) is 12.2. The van der Waals surface area contributed by atoms with Crippen molar-refractivity contribution >= 4 is 27.2 Å². The van der Waals surface area contributed by atoms with Crippen molar-refractivity contribution in [2.75, 3.05) is 40.9 Å². The summed E-state index contributed by atoms with van der Waals surface area (Å²) in [5, 5.41) is 0. The van der Waals surface area contributed by atoms with E-state index in [4.69, 9.17) is 14.2 Å². The number of rotatable bonds is 12. The molecule has 0 unspecified atom stereocenters. The van der Waals surface area contributed by atoms with Gasteiger partial charge in [-0.25, -0.2) is 9.18 Å². The number of pyridine rings is 2. The number of ether oxygens (including phenoxy) is 3. The van der Waals surface area contributed by atoms with E-state index in [1.165, 1.54) is 37.8 Å². The molecule has 0 saturated heterocycles. The molecular formula is C28H35FN4O7S. The van der Waals surface area contributed by atoms with Crippen LogP contribution in [0.2, 0.25) is 0 Å². The summed E-state index contributed by atoms with van der Waals surface area (Å²) in [6.45, 7) is 3.82. The van der Waals surface area contributed by atoms with E-state index in [9.17, 15) is 22.4 Å². The quantitative estimate of drug-likeness (QED) is 0.233. The molecule has 0 fully saturated rings. The van der Waals surface area contributed by atoms with Gasteiger partial charge in [-0.2, -0.15) is 17.0 Å². The van der Waals surface area contributed by atoms with Gasteiger partial charge < -0.3 is 14.2 Å². The number of esters is 1. The minimum atomic E-state index is -3.77. The molecule has 41 heavy (non-hydrogen) atoms. The predicted molar refractivity (Wildman–Crippen MR) is 151 cm³/mol. The molecule has 0 amide bonds. The lowest BCUT2D eigenvalue weighted by atomic mass is 10.0. The summed E-state index contributed by atoms with van der Waals surface area (Å²) in [4.78, 5) is 31.6. The molecule has 0 aliphatic carbocycles. The number of likely N-dealkylation sites (N-methyl/N-ethyl adjacent to an activating group) is 1. The Morgan fingerprint density at radius 3 is 2.54 bits per heavy atom. The summed E-state index contributed by atoms with van der Waals surface area (Å²) in [7, 11) is 0.500. The third-order valence-electron chi connectivity index (χ3n) is 6.77. The number of hydrogen-bond acceptors (Lipinski definition) is 8. The van der Waals surface area contributed by atoms with Crippen LogP contribution in [0.4, 0.5) is 4.39 Å². The predicted octanol–water partition coefficient (Wildman–Crippen LogP) is 2.98. The van der Waals surface area contributed by atoms with E-state index in [-0.39, 0.29) is 49.0 Å². The fourth-order valence-electron chi connectivity index (χ4n) is 4.65. The minimum Gasteiger partial charge on any atom is -0.490 e. The average molecular weight is 591 g/mol. The number of carbonyl (C=O) groups is 1. The molecule has 1 aliphatic rings. The van der Waals surface area contributed by atoms with Crippen LogP contribution >= 0.6 is 0 Å². The molecule has 1 aromatic carbocycles. The zero-order chi connectivity index (χ0) is 29.9. The SMILES string of the molecule is CCCCOc1c(C(=O)OCC)c(=O)n2c3c(c(Cc4ccc(F)cc4)cnc13)O[C@H](CN(C)S(=O)(=O)N(C)C)C2. The van der Waals surface area contributed by atoms with Crippen molar-refractivity contribution in [1.29, 1.82) is 0 Å². The van der Waals surface area contributed by atoms with Crippen LogP contribution in [-0.2, 0) is 27.9 Å². The second kappa shape index (κ2) is 12.5. The van der Waals surface area contributed by atoms with Gasteiger partial charge in [0.1, 0.15) is 23.0 Å². The van der Waals surface area contributed by atoms with Gasteiger partial charge in [-0.3, -0.25) is 14.3 Å². The second-order valence-electron chi connectivity index (χ2n) is 9.97. The number of halogens is 1. The Hall–Kier alpha value is -3.55. The highest BCUT2D eigenvalue weighted by Crippen LogP contribution is 2.38. The van der Waals surface area contributed by atoms with Gasteiger partial charge in [-0.15, -0.1) is 0 Å². The Morgan fingerprint density at radius 2 is 1.90 bits per heavy atom. The summed E-state index contributed by atoms with van der Waals surface area (Å²) in [5.41, 5.74) is 1.06. The molecule has 0 saturated carbocycles. The molecule has 11 nitrogen and oxygen atoms in total. The van der Waals surface area contributed by atoms with Crippen LogP contribution in [-0.4, -0.2) is 79.6 Å². The van der Waals surface area contributed by atoms with Gasteiger partial charge in [0, 0.05) is 39.3 Å². The highest BCUT2D eigenvalue weighted by Gasteiger charge is 2.35. The Morgan fingerprint density at radius 1 is 1.20 bits per heavy atom. The van der Waals surface area contributed by atoms with Gasteiger partial charge in [-0.05, 0) is 31.0 Å². The maximum absolute atomic E-state index is 13.9. The summed E-state index contributed by atoms with van der Waals surface area (Å²) < 4.78 is 60.2. The number of aromatic nitrogens is 2. The van der Waals surface area contributed by atoms with Gasteiger partial charge >= 0.3 is 5.97 Å². The van der Waals surface area contributed by atoms with Crippen molar-refractivity contribution in [2.45, 2.75) is 45.8 Å². The van der Waals surface area contributed by atoms with Crippen LogP contribution in [0.1, 0.15) is 48.2 Å². The first-order chi connectivity index (χ1) is 19.5. The number of nitrogens with zero attached hydrogens (tertiary/aromatic N) is 4. The first-order valence-electron chi connectivity index (χ1n) is 13.4. The number of unbranched alkanes of at least 4 members (excludes halogenated alkanes) is 1. The Labute approximate surface area is 238 Å². The van der Waals surface area contributed by atoms with Crippen LogP contribution in [0.15, 0.2) is 35.3 Å². The van der Waals surface area contributed by atoms with E-state index in [0.717, 1.165) is 20.6 Å². The Kier molecular flexibility index (Phi) is 9.30. The average Bonchev–Trinajstić information content (AvgIpc) is 2.93. The topological polar surface area (TPSA) is 120 Å². The van der Waals surface area contributed by atoms with Crippen LogP contribution in [0.3, 0.4) is 0 Å². The van der Waals surface area contributed by atoms with Crippen molar-refractivity contribution < 1.29 is 31.8 Å². The van der Waals surface area contributed by atoms with Gasteiger partial charge in [0.2, 0.25) is 0 Å². The fraction of sp³-hybridized carbons (Fsp3) is 0.464. The summed E-state index contributed by atoms with van der Waals surface area (Å²) in [6, 6.07) is 5.98. The van der Waals surface area contributed by atoms with E-state index in [2.05, 4.69) is 4.98 Å². The molecule has 222 valence electrons. The van der Waals surface area contributed by atoms with Gasteiger partial charge in [0.15, 0.2) is 17.1 Å². The lowest BCUT2D eigenvalue weighted by molar-refractivity contribution is 0.0517. The van der Waals surface area contributed by atoms with Crippen LogP contribution < -0.4 is 15.0 Å². The monoisotopic (exact) mass is 590 g/mol. The van der Waals surface area contributed by atoms with E-state index >= 15 is 0 Å². The smallest absolute Gasteiger partial charge is 0.347 e. The van der Waals surface area contributed by atoms with Crippen LogP contribution in [0.5, 0.6) is 11.5 Å². The number of benzene rings is 1. The molecule has 3 aromatic rings. The largest absolute Gasteiger partial charge is 0.490 e. The normalized spacial score (nSPS) is 14.9. The summed E-state index contributed by atoms with van der Waals surface area (Å²) >= 11 is 0. The highest BCUT2D eigenvalue weighted by molar-refractivity contribution is 7.86. The fourth-order valence-corrected chi connectivity index (χ4v) is 5.56. The van der Waals surface area contributed by atoms with Crippen molar-refractivity contribution in [1.82, 2.24) is 18.2 Å². The molecule has 0 bridgehead atoms. The van der Waals surface area contributed by atoms with Gasteiger partial charge in [0.05, 0.1) is 26.3 Å². The summed E-state index contributed by atoms with van der Waals surface area (Å²) in [5.74, 6) is -0.859. The molecule has 3 heterocycles. The first-order valence-corrected chi connectivity index (χ1v) is 14.8. The van der Waals surface area contributed by atoms with E-state index < -0.39 is 27.8 Å². The lowest BCUT2D eigenvalue weighted by Crippen LogP contribution is -2.46. The van der Waals surface area contributed by atoms with Crippen LogP contribution in [0.25, 0.3) is 11.0 Å². The maximum Gasteiger partial charge on any atom is 0.347 e. The molecule has 0 spiro atoms. The third kappa shape index (κ3) is 6.21. The van der Waals surface area contributed by atoms with Crippen molar-refractivity contribution in [3.05, 3.63) is 63.3 Å². The van der Waals surface area contributed by atoms with E-state index in [0.29, 0.717) is 29.7 Å². The first kappa shape index (κ1) is 30.4. The molecule has 1 atom stereocenters. The standard InChI is InChI=1S/C28H35FN4O7S/c1-6-8-13-39-26-22(28(35)38-7-2)27(34)33-17-21(16-32(5)41(36,37)31(3)4)40-25-19(15-30-23(26)24(25)33)14-18-9-11-20(29)12-10-18/h9-12,15,21H,6-8,13-14,16-17H2,1-5H3/t21-/m1/s1. The number of hydrogen-bond donors (Lipinski definition) is 0.